The van der Waals surface area contributed by atoms with Crippen LogP contribution < -0.4 is 0 Å². The number of aliphatic carboxylic acids is 2. The molecule has 0 amide bonds. The molecule has 0 aliphatic rings. The molecule has 0 unspecified atom stereocenters. The van der Waals surface area contributed by atoms with Gasteiger partial charge in [-0.1, -0.05) is 14.9 Å². The van der Waals surface area contributed by atoms with Crippen LogP contribution >= 0.6 is 0 Å². The van der Waals surface area contributed by atoms with Gasteiger partial charge in [0.2, 0.25) is 0 Å². The molecule has 0 heterocycles. The van der Waals surface area contributed by atoms with Gasteiger partial charge in [0.15, 0.2) is 16.6 Å². The fraction of sp³-hybridized carbons (Fsp3) is 0.857. The molecule has 0 fully saturated rings. The van der Waals surface area contributed by atoms with E-state index in [-0.39, 0.29) is 33.6 Å². The van der Waals surface area contributed by atoms with Crippen molar-refractivity contribution in [3.8, 4) is 0 Å². The predicted molar refractivity (Wildman–Crippen MR) is 92.8 cm³/mol. The quantitative estimate of drug-likeness (QED) is 0.613. The highest BCUT2D eigenvalue weighted by atomic mass is 28.4. The van der Waals surface area contributed by atoms with Crippen LogP contribution in [0.25, 0.3) is 0 Å². The summed E-state index contributed by atoms with van der Waals surface area (Å²) in [6.45, 7) is 10.6. The second-order valence-corrected chi connectivity index (χ2v) is 15.6. The summed E-state index contributed by atoms with van der Waals surface area (Å²) in [7, 11) is -3.43. The van der Waals surface area contributed by atoms with Crippen LogP contribution in [0.1, 0.15) is 34.1 Å². The third kappa shape index (κ3) is 15.5. The molecule has 0 radical (unpaired) electrons. The molecule has 0 saturated heterocycles. The van der Waals surface area contributed by atoms with Crippen LogP contribution in [0.3, 0.4) is 0 Å². The minimum absolute atomic E-state index is 0. The van der Waals surface area contributed by atoms with E-state index in [1.807, 2.05) is 0 Å². The highest BCUT2D eigenvalue weighted by molar-refractivity contribution is 6.84. The van der Waals surface area contributed by atoms with E-state index in [0.717, 1.165) is 6.04 Å². The molecule has 0 aromatic rings. The molecule has 0 aromatic carbocycles. The molecule has 0 atom stereocenters. The minimum Gasteiger partial charge on any atom is -0.481 e. The lowest BCUT2D eigenvalue weighted by molar-refractivity contribution is -0.140. The van der Waals surface area contributed by atoms with Crippen molar-refractivity contribution in [2.24, 2.45) is 5.92 Å². The molecule has 0 rings (SSSR count). The lowest BCUT2D eigenvalue weighted by atomic mass is 9.99. The Kier molecular flexibility index (Phi) is 12.2. The first-order valence-electron chi connectivity index (χ1n) is 6.55. The maximum atomic E-state index is 10.7. The Labute approximate surface area is 132 Å². The van der Waals surface area contributed by atoms with Crippen molar-refractivity contribution >= 4 is 28.6 Å². The van der Waals surface area contributed by atoms with Crippen LogP contribution in [-0.4, -0.2) is 38.8 Å². The standard InChI is InChI=1S/C12H26O5Si2.2CH4/c1-18(2,3)17-19(4,5)7-6-10(8-11(13)14)9-12(15)16;;/h10H,6-9H2,1-5H3,(H,13,14)(H,15,16);2*1H4. The van der Waals surface area contributed by atoms with Crippen molar-refractivity contribution in [1.29, 1.82) is 0 Å². The van der Waals surface area contributed by atoms with Crippen LogP contribution in [0.5, 0.6) is 0 Å². The summed E-state index contributed by atoms with van der Waals surface area (Å²) in [5.41, 5.74) is 0. The van der Waals surface area contributed by atoms with Gasteiger partial charge in [-0.3, -0.25) is 9.59 Å². The Balaban J connectivity index is -0.00000162. The van der Waals surface area contributed by atoms with Gasteiger partial charge >= 0.3 is 11.9 Å². The van der Waals surface area contributed by atoms with E-state index in [2.05, 4.69) is 32.7 Å². The molecule has 7 heteroatoms. The van der Waals surface area contributed by atoms with Gasteiger partial charge in [0.25, 0.3) is 0 Å². The summed E-state index contributed by atoms with van der Waals surface area (Å²) in [6, 6.07) is 0.808. The highest BCUT2D eigenvalue weighted by Crippen LogP contribution is 2.25. The maximum Gasteiger partial charge on any atom is 0.303 e. The number of carboxylic acids is 2. The van der Waals surface area contributed by atoms with Gasteiger partial charge in [-0.05, 0) is 51.1 Å². The van der Waals surface area contributed by atoms with E-state index >= 15 is 0 Å². The number of carboxylic acid groups (broad SMARTS) is 2. The van der Waals surface area contributed by atoms with E-state index in [0.29, 0.717) is 6.42 Å². The molecule has 5 nitrogen and oxygen atoms in total. The van der Waals surface area contributed by atoms with Crippen molar-refractivity contribution in [2.75, 3.05) is 0 Å². The van der Waals surface area contributed by atoms with Crippen LogP contribution in [-0.2, 0) is 13.7 Å². The van der Waals surface area contributed by atoms with Gasteiger partial charge in [-0.25, -0.2) is 0 Å². The predicted octanol–water partition coefficient (Wildman–Crippen LogP) is 4.27. The SMILES string of the molecule is C.C.C[Si](C)(C)O[Si](C)(C)CCC(CC(=O)O)CC(=O)O. The molecule has 2 N–H and O–H groups in total. The molecule has 21 heavy (non-hydrogen) atoms. The lowest BCUT2D eigenvalue weighted by Gasteiger charge is -2.32. The minimum atomic E-state index is -1.83. The average molecular weight is 339 g/mol. The van der Waals surface area contributed by atoms with Gasteiger partial charge in [-0.2, -0.15) is 0 Å². The van der Waals surface area contributed by atoms with Crippen molar-refractivity contribution in [3.63, 3.8) is 0 Å². The van der Waals surface area contributed by atoms with Gasteiger partial charge in [0, 0.05) is 12.8 Å². The van der Waals surface area contributed by atoms with E-state index in [4.69, 9.17) is 14.3 Å². The lowest BCUT2D eigenvalue weighted by Crippen LogP contribution is -2.42. The molecule has 0 aromatic heterocycles. The number of carbonyl (C=O) groups is 2. The molecule has 0 spiro atoms. The third-order valence-corrected chi connectivity index (χ3v) is 8.82. The second kappa shape index (κ2) is 10.1. The first-order valence-corrected chi connectivity index (χ1v) is 13.1. The average Bonchev–Trinajstić information content (AvgIpc) is 2.08. The van der Waals surface area contributed by atoms with Crippen LogP contribution in [0.15, 0.2) is 0 Å². The molecular formula is C14H34O5Si2. The zero-order valence-electron chi connectivity index (χ0n) is 12.5. The third-order valence-electron chi connectivity index (χ3n) is 2.66. The smallest absolute Gasteiger partial charge is 0.303 e. The summed E-state index contributed by atoms with van der Waals surface area (Å²) in [6.07, 6.45) is 0.454. The molecule has 0 aliphatic heterocycles. The Morgan fingerprint density at radius 2 is 1.33 bits per heavy atom. The van der Waals surface area contributed by atoms with E-state index in [1.165, 1.54) is 0 Å². The maximum absolute atomic E-state index is 10.7. The Hall–Kier alpha value is -0.666. The zero-order valence-corrected chi connectivity index (χ0v) is 14.5. The van der Waals surface area contributed by atoms with E-state index < -0.39 is 28.6 Å². The van der Waals surface area contributed by atoms with Crippen LogP contribution in [0.4, 0.5) is 0 Å². The summed E-state index contributed by atoms with van der Waals surface area (Å²) in [5.74, 6) is -2.17. The Morgan fingerprint density at radius 1 is 0.952 bits per heavy atom. The molecule has 128 valence electrons. The molecule has 0 bridgehead atoms. The van der Waals surface area contributed by atoms with E-state index in [9.17, 15) is 9.59 Å². The van der Waals surface area contributed by atoms with Crippen LogP contribution in [0.2, 0.25) is 38.8 Å². The fourth-order valence-electron chi connectivity index (χ4n) is 2.20. The van der Waals surface area contributed by atoms with Gasteiger partial charge < -0.3 is 14.3 Å². The number of rotatable bonds is 9. The Morgan fingerprint density at radius 3 is 1.62 bits per heavy atom. The summed E-state index contributed by atoms with van der Waals surface area (Å²) in [4.78, 5) is 21.5. The molecular weight excluding hydrogens is 304 g/mol. The van der Waals surface area contributed by atoms with Crippen molar-refractivity contribution < 1.29 is 23.9 Å². The zero-order chi connectivity index (χ0) is 15.3. The normalized spacial score (nSPS) is 11.5. The van der Waals surface area contributed by atoms with Gasteiger partial charge in [0.05, 0.1) is 0 Å². The monoisotopic (exact) mass is 338 g/mol. The fourth-order valence-corrected chi connectivity index (χ4v) is 10.3. The highest BCUT2D eigenvalue weighted by Gasteiger charge is 2.30. The topological polar surface area (TPSA) is 83.8 Å². The number of hydrogen-bond acceptors (Lipinski definition) is 3. The largest absolute Gasteiger partial charge is 0.481 e. The molecule has 0 aliphatic carbocycles. The van der Waals surface area contributed by atoms with Crippen molar-refractivity contribution in [3.05, 3.63) is 0 Å². The Bertz CT molecular complexity index is 308. The van der Waals surface area contributed by atoms with Crippen LogP contribution in [0, 0.1) is 5.92 Å². The number of hydrogen-bond donors (Lipinski definition) is 2. The summed E-state index contributed by atoms with van der Waals surface area (Å²) >= 11 is 0. The van der Waals surface area contributed by atoms with Gasteiger partial charge in [0.1, 0.15) is 0 Å². The molecule has 0 saturated carbocycles. The van der Waals surface area contributed by atoms with E-state index in [1.54, 1.807) is 0 Å². The summed E-state index contributed by atoms with van der Waals surface area (Å²) < 4.78 is 6.17. The second-order valence-electron chi connectivity index (χ2n) is 6.57. The van der Waals surface area contributed by atoms with Crippen molar-refractivity contribution in [1.82, 2.24) is 0 Å². The first-order chi connectivity index (χ1) is 8.41. The first kappa shape index (κ1) is 25.3. The van der Waals surface area contributed by atoms with Gasteiger partial charge in [-0.15, -0.1) is 0 Å². The summed E-state index contributed by atoms with van der Waals surface area (Å²) in [5, 5.41) is 17.6. The van der Waals surface area contributed by atoms with Crippen molar-refractivity contribution in [2.45, 2.75) is 72.9 Å².